The second kappa shape index (κ2) is 7.63. The fourth-order valence-electron chi connectivity index (χ4n) is 3.07. The number of amides is 1. The van der Waals surface area contributed by atoms with Gasteiger partial charge in [-0.25, -0.2) is 13.8 Å². The maximum atomic E-state index is 14.4. The van der Waals surface area contributed by atoms with Crippen LogP contribution >= 0.6 is 11.6 Å². The molecule has 0 unspecified atom stereocenters. The van der Waals surface area contributed by atoms with E-state index >= 15 is 0 Å². The number of piperidine rings is 1. The van der Waals surface area contributed by atoms with Crippen LogP contribution in [0.1, 0.15) is 24.8 Å². The summed E-state index contributed by atoms with van der Waals surface area (Å²) in [6, 6.07) is 5.86. The summed E-state index contributed by atoms with van der Waals surface area (Å²) in [5.74, 6) is -3.70. The summed E-state index contributed by atoms with van der Waals surface area (Å²) in [6.45, 7) is 1.95. The normalized spacial score (nSPS) is 21.2. The predicted octanol–water partition coefficient (Wildman–Crippen LogP) is 3.58. The highest BCUT2D eigenvalue weighted by atomic mass is 35.5. The van der Waals surface area contributed by atoms with Crippen LogP contribution in [0.3, 0.4) is 0 Å². The lowest BCUT2D eigenvalue weighted by Crippen LogP contribution is -2.52. The lowest BCUT2D eigenvalue weighted by atomic mass is 9.87. The largest absolute Gasteiger partial charge is 0.309 e. The van der Waals surface area contributed by atoms with Crippen molar-refractivity contribution >= 4 is 23.3 Å². The van der Waals surface area contributed by atoms with Gasteiger partial charge in [0, 0.05) is 38.1 Å². The molecule has 1 saturated heterocycles. The molecule has 0 spiro atoms. The molecular formula is C18H19ClF2N4O. The number of hydrogen-bond donors (Lipinski definition) is 1. The molecule has 2 atom stereocenters. The van der Waals surface area contributed by atoms with Crippen molar-refractivity contribution in [1.82, 2.24) is 14.9 Å². The summed E-state index contributed by atoms with van der Waals surface area (Å²) >= 11 is 5.77. The first-order valence-corrected chi connectivity index (χ1v) is 8.69. The number of carbonyl (C=O) groups excluding carboxylic acids is 1. The smallest absolute Gasteiger partial charge is 0.257 e. The molecule has 1 aliphatic rings. The first kappa shape index (κ1) is 18.7. The number of anilines is 1. The minimum Gasteiger partial charge on any atom is -0.309 e. The molecule has 0 bridgehead atoms. The molecule has 0 saturated carbocycles. The van der Waals surface area contributed by atoms with Crippen molar-refractivity contribution in [2.45, 2.75) is 31.2 Å². The molecule has 2 aromatic heterocycles. The number of halogens is 3. The number of pyridine rings is 2. The Labute approximate surface area is 155 Å². The zero-order valence-corrected chi connectivity index (χ0v) is 15.0. The molecule has 0 aromatic carbocycles. The molecule has 0 aliphatic carbocycles. The zero-order chi connectivity index (χ0) is 18.7. The van der Waals surface area contributed by atoms with Crippen molar-refractivity contribution in [3.05, 3.63) is 53.4 Å². The third-order valence-electron chi connectivity index (χ3n) is 4.67. The first-order valence-electron chi connectivity index (χ1n) is 8.31. The van der Waals surface area contributed by atoms with Crippen LogP contribution in [0.2, 0.25) is 5.02 Å². The van der Waals surface area contributed by atoms with E-state index in [-0.39, 0.29) is 25.4 Å². The molecule has 1 fully saturated rings. The second-order valence-corrected chi connectivity index (χ2v) is 6.80. The number of likely N-dealkylation sites (tertiary alicyclic amines) is 1. The SMILES string of the molecule is C[C@@H](C(=O)Nc1ccc(Cl)cn1)N1CCC(F)(F)[C@@H](c2ccncc2)C1. The van der Waals surface area contributed by atoms with Gasteiger partial charge in [0.2, 0.25) is 5.91 Å². The number of nitrogens with one attached hydrogen (secondary N) is 1. The molecule has 3 heterocycles. The van der Waals surface area contributed by atoms with Crippen LogP contribution in [0, 0.1) is 0 Å². The van der Waals surface area contributed by atoms with E-state index in [0.717, 1.165) is 0 Å². The summed E-state index contributed by atoms with van der Waals surface area (Å²) < 4.78 is 28.8. The Bertz CT molecular complexity index is 758. The van der Waals surface area contributed by atoms with Crippen molar-refractivity contribution in [1.29, 1.82) is 0 Å². The van der Waals surface area contributed by atoms with Crippen LogP contribution in [0.25, 0.3) is 0 Å². The molecular weight excluding hydrogens is 362 g/mol. The van der Waals surface area contributed by atoms with Gasteiger partial charge in [-0.3, -0.25) is 14.7 Å². The predicted molar refractivity (Wildman–Crippen MR) is 95.5 cm³/mol. The third kappa shape index (κ3) is 4.16. The maximum absolute atomic E-state index is 14.4. The molecule has 1 amide bonds. The summed E-state index contributed by atoms with van der Waals surface area (Å²) in [5, 5.41) is 3.16. The van der Waals surface area contributed by atoms with Gasteiger partial charge >= 0.3 is 0 Å². The van der Waals surface area contributed by atoms with E-state index in [2.05, 4.69) is 15.3 Å². The van der Waals surface area contributed by atoms with E-state index < -0.39 is 17.9 Å². The van der Waals surface area contributed by atoms with Crippen molar-refractivity contribution < 1.29 is 13.6 Å². The number of carbonyl (C=O) groups is 1. The van der Waals surface area contributed by atoms with E-state index in [9.17, 15) is 13.6 Å². The van der Waals surface area contributed by atoms with Gasteiger partial charge in [-0.2, -0.15) is 0 Å². The number of aromatic nitrogens is 2. The Kier molecular flexibility index (Phi) is 5.48. The lowest BCUT2D eigenvalue weighted by Gasteiger charge is -2.40. The zero-order valence-electron chi connectivity index (χ0n) is 14.2. The van der Waals surface area contributed by atoms with Crippen molar-refractivity contribution in [2.24, 2.45) is 0 Å². The molecule has 1 N–H and O–H groups in total. The van der Waals surface area contributed by atoms with Gasteiger partial charge in [0.15, 0.2) is 0 Å². The van der Waals surface area contributed by atoms with Gasteiger partial charge in [0.1, 0.15) is 5.82 Å². The number of nitrogens with zero attached hydrogens (tertiary/aromatic N) is 3. The van der Waals surface area contributed by atoms with E-state index in [1.165, 1.54) is 18.6 Å². The average molecular weight is 381 g/mol. The average Bonchev–Trinajstić information content (AvgIpc) is 2.63. The summed E-state index contributed by atoms with van der Waals surface area (Å²) in [6.07, 6.45) is 4.15. The lowest BCUT2D eigenvalue weighted by molar-refractivity contribution is -0.125. The topological polar surface area (TPSA) is 58.1 Å². The molecule has 138 valence electrons. The Morgan fingerprint density at radius 2 is 2.08 bits per heavy atom. The molecule has 5 nitrogen and oxygen atoms in total. The third-order valence-corrected chi connectivity index (χ3v) is 4.90. The van der Waals surface area contributed by atoms with E-state index in [1.807, 2.05) is 0 Å². The molecule has 3 rings (SSSR count). The Balaban J connectivity index is 1.70. The van der Waals surface area contributed by atoms with E-state index in [0.29, 0.717) is 16.4 Å². The second-order valence-electron chi connectivity index (χ2n) is 6.37. The standard InChI is InChI=1S/C18H19ClF2N4O/c1-12(17(26)24-16-3-2-14(19)10-23-16)25-9-6-18(20,21)15(11-25)13-4-7-22-8-5-13/h2-5,7-8,10,12,15H,6,9,11H2,1H3,(H,23,24,26)/t12-,15+/m0/s1. The first-order chi connectivity index (χ1) is 12.4. The van der Waals surface area contributed by atoms with Gasteiger partial charge in [-0.05, 0) is 36.8 Å². The van der Waals surface area contributed by atoms with Gasteiger partial charge < -0.3 is 5.32 Å². The van der Waals surface area contributed by atoms with Crippen LogP contribution < -0.4 is 5.32 Å². The van der Waals surface area contributed by atoms with Crippen LogP contribution in [-0.4, -0.2) is 45.8 Å². The Morgan fingerprint density at radius 3 is 2.73 bits per heavy atom. The molecule has 8 heteroatoms. The van der Waals surface area contributed by atoms with Gasteiger partial charge in [-0.15, -0.1) is 0 Å². The van der Waals surface area contributed by atoms with Gasteiger partial charge in [0.25, 0.3) is 5.92 Å². The fourth-order valence-corrected chi connectivity index (χ4v) is 3.18. The maximum Gasteiger partial charge on any atom is 0.257 e. The number of hydrogen-bond acceptors (Lipinski definition) is 4. The van der Waals surface area contributed by atoms with Crippen molar-refractivity contribution in [3.8, 4) is 0 Å². The monoisotopic (exact) mass is 380 g/mol. The van der Waals surface area contributed by atoms with Crippen LogP contribution in [0.5, 0.6) is 0 Å². The fraction of sp³-hybridized carbons (Fsp3) is 0.389. The van der Waals surface area contributed by atoms with Crippen LogP contribution in [-0.2, 0) is 4.79 Å². The number of alkyl halides is 2. The van der Waals surface area contributed by atoms with E-state index in [1.54, 1.807) is 36.1 Å². The molecule has 0 radical (unpaired) electrons. The Morgan fingerprint density at radius 1 is 1.35 bits per heavy atom. The van der Waals surface area contributed by atoms with Crippen molar-refractivity contribution in [3.63, 3.8) is 0 Å². The quantitative estimate of drug-likeness (QED) is 0.880. The highest BCUT2D eigenvalue weighted by Gasteiger charge is 2.46. The summed E-state index contributed by atoms with van der Waals surface area (Å²) in [7, 11) is 0. The minimum atomic E-state index is -2.81. The molecule has 2 aromatic rings. The van der Waals surface area contributed by atoms with Gasteiger partial charge in [0.05, 0.1) is 17.0 Å². The van der Waals surface area contributed by atoms with Gasteiger partial charge in [-0.1, -0.05) is 11.6 Å². The van der Waals surface area contributed by atoms with Crippen molar-refractivity contribution in [2.75, 3.05) is 18.4 Å². The number of rotatable bonds is 4. The summed E-state index contributed by atoms with van der Waals surface area (Å²) in [4.78, 5) is 22.2. The molecule has 1 aliphatic heterocycles. The minimum absolute atomic E-state index is 0.0969. The highest BCUT2D eigenvalue weighted by molar-refractivity contribution is 6.30. The molecule has 26 heavy (non-hydrogen) atoms. The van der Waals surface area contributed by atoms with E-state index in [4.69, 9.17) is 11.6 Å². The van der Waals surface area contributed by atoms with Crippen LogP contribution in [0.4, 0.5) is 14.6 Å². The van der Waals surface area contributed by atoms with Crippen LogP contribution in [0.15, 0.2) is 42.9 Å². The highest BCUT2D eigenvalue weighted by Crippen LogP contribution is 2.40. The summed E-state index contributed by atoms with van der Waals surface area (Å²) in [5.41, 5.74) is 0.529. The Hall–Kier alpha value is -2.12.